The Morgan fingerprint density at radius 3 is 2.36 bits per heavy atom. The van der Waals surface area contributed by atoms with Crippen LogP contribution in [0, 0.1) is 5.92 Å². The summed E-state index contributed by atoms with van der Waals surface area (Å²) in [5.41, 5.74) is 0. The molecule has 1 saturated heterocycles. The molecule has 1 aliphatic rings. The van der Waals surface area contributed by atoms with Crippen LogP contribution in [0.5, 0.6) is 0 Å². The lowest BCUT2D eigenvalue weighted by molar-refractivity contribution is -0.137. The van der Waals surface area contributed by atoms with Crippen molar-refractivity contribution in [3.05, 3.63) is 0 Å². The van der Waals surface area contributed by atoms with Crippen molar-refractivity contribution in [2.24, 2.45) is 5.92 Å². The second kappa shape index (κ2) is 9.10. The number of carbonyl (C=O) groups excluding carboxylic acids is 2. The average Bonchev–Trinajstić information content (AvgIpc) is 2.66. The van der Waals surface area contributed by atoms with Gasteiger partial charge in [-0.05, 0) is 33.0 Å². The predicted molar refractivity (Wildman–Crippen MR) is 88.6 cm³/mol. The van der Waals surface area contributed by atoms with Crippen LogP contribution >= 0.6 is 0 Å². The summed E-state index contributed by atoms with van der Waals surface area (Å²) in [5, 5.41) is 2.80. The third-order valence-corrected chi connectivity index (χ3v) is 4.06. The van der Waals surface area contributed by atoms with Crippen LogP contribution in [-0.4, -0.2) is 85.9 Å². The highest BCUT2D eigenvalue weighted by molar-refractivity contribution is 5.87. The lowest BCUT2D eigenvalue weighted by atomic mass is 10.0. The van der Waals surface area contributed by atoms with Gasteiger partial charge in [-0.15, -0.1) is 0 Å². The Kier molecular flexibility index (Phi) is 7.82. The molecule has 0 aromatic rings. The molecule has 0 aromatic heterocycles. The first-order chi connectivity index (χ1) is 10.3. The molecule has 1 N–H and O–H groups in total. The van der Waals surface area contributed by atoms with E-state index in [0.717, 1.165) is 45.7 Å². The topological polar surface area (TPSA) is 55.9 Å². The minimum Gasteiger partial charge on any atom is -0.344 e. The first-order valence-electron chi connectivity index (χ1n) is 8.24. The van der Waals surface area contributed by atoms with Gasteiger partial charge >= 0.3 is 0 Å². The predicted octanol–water partition coefficient (Wildman–Crippen LogP) is 0.243. The normalized spacial score (nSPS) is 18.4. The Morgan fingerprint density at radius 1 is 1.14 bits per heavy atom. The van der Waals surface area contributed by atoms with Crippen LogP contribution in [-0.2, 0) is 9.59 Å². The maximum absolute atomic E-state index is 12.7. The van der Waals surface area contributed by atoms with Gasteiger partial charge in [0.15, 0.2) is 0 Å². The first-order valence-corrected chi connectivity index (χ1v) is 8.24. The van der Waals surface area contributed by atoms with E-state index in [1.807, 2.05) is 18.7 Å². The van der Waals surface area contributed by atoms with E-state index in [1.165, 1.54) is 6.92 Å². The molecule has 0 aliphatic carbocycles. The Balaban J connectivity index is 2.57. The summed E-state index contributed by atoms with van der Waals surface area (Å²) in [4.78, 5) is 30.5. The van der Waals surface area contributed by atoms with Crippen molar-refractivity contribution in [3.63, 3.8) is 0 Å². The molecule has 1 heterocycles. The fraction of sp³-hybridized carbons (Fsp3) is 0.875. The monoisotopic (exact) mass is 312 g/mol. The van der Waals surface area contributed by atoms with E-state index in [0.29, 0.717) is 0 Å². The van der Waals surface area contributed by atoms with Crippen molar-refractivity contribution in [1.29, 1.82) is 0 Å². The Hall–Kier alpha value is -1.14. The number of nitrogens with zero attached hydrogens (tertiary/aromatic N) is 3. The number of likely N-dealkylation sites (N-methyl/N-ethyl adjacent to an activating group) is 1. The standard InChI is InChI=1S/C16H32N4O2/c1-13(2)15(17-14(3)21)16(22)20-8-6-7-19(11-12-20)10-9-18(4)5/h13,15H,6-12H2,1-5H3,(H,17,21). The van der Waals surface area contributed by atoms with Gasteiger partial charge in [-0.3, -0.25) is 9.59 Å². The largest absolute Gasteiger partial charge is 0.344 e. The molecule has 1 rings (SSSR count). The molecular formula is C16H32N4O2. The van der Waals surface area contributed by atoms with Crippen molar-refractivity contribution in [1.82, 2.24) is 20.0 Å². The highest BCUT2D eigenvalue weighted by atomic mass is 16.2. The van der Waals surface area contributed by atoms with E-state index in [-0.39, 0.29) is 17.7 Å². The molecule has 1 unspecified atom stereocenters. The number of carbonyl (C=O) groups is 2. The maximum Gasteiger partial charge on any atom is 0.245 e. The molecule has 22 heavy (non-hydrogen) atoms. The molecule has 1 atom stereocenters. The van der Waals surface area contributed by atoms with Crippen LogP contribution in [0.15, 0.2) is 0 Å². The van der Waals surface area contributed by atoms with Crippen LogP contribution in [0.4, 0.5) is 0 Å². The van der Waals surface area contributed by atoms with E-state index in [9.17, 15) is 9.59 Å². The van der Waals surface area contributed by atoms with Crippen LogP contribution in [0.25, 0.3) is 0 Å². The molecule has 6 nitrogen and oxygen atoms in total. The van der Waals surface area contributed by atoms with Gasteiger partial charge in [0.05, 0.1) is 0 Å². The van der Waals surface area contributed by atoms with Crippen LogP contribution in [0.1, 0.15) is 27.2 Å². The maximum atomic E-state index is 12.7. The summed E-state index contributed by atoms with van der Waals surface area (Å²) in [6, 6.07) is -0.411. The number of rotatable bonds is 6. The lowest BCUT2D eigenvalue weighted by Gasteiger charge is -2.29. The van der Waals surface area contributed by atoms with E-state index in [2.05, 4.69) is 29.2 Å². The summed E-state index contributed by atoms with van der Waals surface area (Å²) < 4.78 is 0. The van der Waals surface area contributed by atoms with Gasteiger partial charge in [-0.1, -0.05) is 13.8 Å². The highest BCUT2D eigenvalue weighted by Crippen LogP contribution is 2.10. The van der Waals surface area contributed by atoms with E-state index in [1.54, 1.807) is 0 Å². The van der Waals surface area contributed by atoms with Gasteiger partial charge in [0.25, 0.3) is 0 Å². The van der Waals surface area contributed by atoms with Gasteiger partial charge in [-0.25, -0.2) is 0 Å². The molecule has 0 bridgehead atoms. The SMILES string of the molecule is CC(=O)NC(C(=O)N1CCCN(CCN(C)C)CC1)C(C)C. The summed E-state index contributed by atoms with van der Waals surface area (Å²) in [5.74, 6) is 0.0126. The Bertz CT molecular complexity index is 371. The lowest BCUT2D eigenvalue weighted by Crippen LogP contribution is -2.51. The molecule has 0 aromatic carbocycles. The smallest absolute Gasteiger partial charge is 0.245 e. The molecule has 0 radical (unpaired) electrons. The van der Waals surface area contributed by atoms with E-state index >= 15 is 0 Å². The molecule has 1 fully saturated rings. The summed E-state index contributed by atoms with van der Waals surface area (Å²) in [7, 11) is 4.16. The van der Waals surface area contributed by atoms with Gasteiger partial charge < -0.3 is 20.0 Å². The molecule has 128 valence electrons. The Morgan fingerprint density at radius 2 is 1.82 bits per heavy atom. The van der Waals surface area contributed by atoms with Crippen LogP contribution in [0.3, 0.4) is 0 Å². The molecule has 0 spiro atoms. The second-order valence-corrected chi connectivity index (χ2v) is 6.75. The number of amides is 2. The van der Waals surface area contributed by atoms with Crippen molar-refractivity contribution >= 4 is 11.8 Å². The zero-order chi connectivity index (χ0) is 16.7. The third kappa shape index (κ3) is 6.32. The van der Waals surface area contributed by atoms with Crippen LogP contribution < -0.4 is 5.32 Å². The summed E-state index contributed by atoms with van der Waals surface area (Å²) in [6.45, 7) is 10.9. The molecule has 2 amide bonds. The van der Waals surface area contributed by atoms with Gasteiger partial charge in [-0.2, -0.15) is 0 Å². The summed E-state index contributed by atoms with van der Waals surface area (Å²) in [6.07, 6.45) is 0.990. The first kappa shape index (κ1) is 18.9. The van der Waals surface area contributed by atoms with Crippen molar-refractivity contribution in [2.45, 2.75) is 33.2 Å². The second-order valence-electron chi connectivity index (χ2n) is 6.75. The zero-order valence-corrected chi connectivity index (χ0v) is 14.8. The Labute approximate surface area is 134 Å². The number of hydrogen-bond donors (Lipinski definition) is 1. The quantitative estimate of drug-likeness (QED) is 0.763. The fourth-order valence-corrected chi connectivity index (χ4v) is 2.69. The van der Waals surface area contributed by atoms with Gasteiger partial charge in [0.2, 0.25) is 11.8 Å². The van der Waals surface area contributed by atoms with Crippen molar-refractivity contribution in [2.75, 3.05) is 53.4 Å². The highest BCUT2D eigenvalue weighted by Gasteiger charge is 2.28. The molecular weight excluding hydrogens is 280 g/mol. The molecule has 1 aliphatic heterocycles. The minimum absolute atomic E-state index is 0.0552. The van der Waals surface area contributed by atoms with E-state index < -0.39 is 6.04 Å². The van der Waals surface area contributed by atoms with E-state index in [4.69, 9.17) is 0 Å². The van der Waals surface area contributed by atoms with Crippen molar-refractivity contribution < 1.29 is 9.59 Å². The third-order valence-electron chi connectivity index (χ3n) is 4.06. The van der Waals surface area contributed by atoms with Gasteiger partial charge in [0.1, 0.15) is 6.04 Å². The van der Waals surface area contributed by atoms with Crippen molar-refractivity contribution in [3.8, 4) is 0 Å². The molecule has 0 saturated carbocycles. The number of hydrogen-bond acceptors (Lipinski definition) is 4. The summed E-state index contributed by atoms with van der Waals surface area (Å²) >= 11 is 0. The zero-order valence-electron chi connectivity index (χ0n) is 14.8. The fourth-order valence-electron chi connectivity index (χ4n) is 2.69. The minimum atomic E-state index is -0.411. The number of nitrogens with one attached hydrogen (secondary N) is 1. The molecule has 6 heteroatoms. The van der Waals surface area contributed by atoms with Gasteiger partial charge in [0, 0.05) is 39.6 Å². The average molecular weight is 312 g/mol. The van der Waals surface area contributed by atoms with Crippen LogP contribution in [0.2, 0.25) is 0 Å².